The summed E-state index contributed by atoms with van der Waals surface area (Å²) < 4.78 is 1.17. The number of nitrogens with zero attached hydrogens (tertiary/aromatic N) is 2. The molecule has 0 radical (unpaired) electrons. The van der Waals surface area contributed by atoms with Crippen molar-refractivity contribution in [3.05, 3.63) is 57.3 Å². The maximum atomic E-state index is 8.01. The van der Waals surface area contributed by atoms with Crippen molar-refractivity contribution in [2.75, 3.05) is 0 Å². The van der Waals surface area contributed by atoms with Gasteiger partial charge in [0.1, 0.15) is 5.84 Å². The molecule has 0 aliphatic carbocycles. The molecule has 0 aromatic heterocycles. The molecule has 0 fully saturated rings. The monoisotopic (exact) mass is 415 g/mol. The molecule has 3 rings (SSSR count). The van der Waals surface area contributed by atoms with E-state index in [-0.39, 0.29) is 17.0 Å². The first kappa shape index (κ1) is 13.5. The first-order valence-corrected chi connectivity index (χ1v) is 6.39. The predicted octanol–water partition coefficient (Wildman–Crippen LogP) is 3.65. The van der Waals surface area contributed by atoms with Crippen molar-refractivity contribution >= 4 is 51.2 Å². The zero-order valence-electron chi connectivity index (χ0n) is 9.43. The van der Waals surface area contributed by atoms with Crippen LogP contribution in [0.4, 0.5) is 0 Å². The van der Waals surface area contributed by atoms with Gasteiger partial charge >= 0.3 is 0 Å². The number of allylic oxidation sites excluding steroid dienone is 2. The van der Waals surface area contributed by atoms with E-state index >= 15 is 0 Å². The lowest BCUT2D eigenvalue weighted by molar-refractivity contribution is 0.555. The second-order valence-corrected chi connectivity index (χ2v) is 5.20. The average Bonchev–Trinajstić information content (AvgIpc) is 2.46. The first-order valence-electron chi connectivity index (χ1n) is 5.31. The van der Waals surface area contributed by atoms with Crippen LogP contribution in [-0.2, 0) is 6.54 Å². The van der Waals surface area contributed by atoms with Gasteiger partial charge in [-0.25, -0.2) is 4.99 Å². The van der Waals surface area contributed by atoms with Gasteiger partial charge in [-0.15, -0.1) is 17.0 Å². The Morgan fingerprint density at radius 1 is 1.22 bits per heavy atom. The van der Waals surface area contributed by atoms with Crippen LogP contribution in [0.1, 0.15) is 11.1 Å². The molecule has 2 aliphatic heterocycles. The van der Waals surface area contributed by atoms with E-state index in [9.17, 15) is 0 Å². The second kappa shape index (κ2) is 5.36. The molecule has 0 saturated heterocycles. The van der Waals surface area contributed by atoms with Gasteiger partial charge in [-0.05, 0) is 40.3 Å². The topological polar surface area (TPSA) is 39.5 Å². The van der Waals surface area contributed by atoms with Crippen LogP contribution in [0.2, 0.25) is 0 Å². The highest BCUT2D eigenvalue weighted by atomic mass is 127. The van der Waals surface area contributed by atoms with Gasteiger partial charge in [0.05, 0.1) is 0 Å². The van der Waals surface area contributed by atoms with Crippen molar-refractivity contribution in [3.8, 4) is 0 Å². The zero-order valence-corrected chi connectivity index (χ0v) is 13.3. The van der Waals surface area contributed by atoms with E-state index in [1.807, 2.05) is 30.4 Å². The fourth-order valence-electron chi connectivity index (χ4n) is 1.98. The molecule has 1 aromatic carbocycles. The molecule has 0 amide bonds. The first-order chi connectivity index (χ1) is 8.24. The van der Waals surface area contributed by atoms with Crippen molar-refractivity contribution < 1.29 is 0 Å². The molecule has 1 N–H and O–H groups in total. The van der Waals surface area contributed by atoms with Gasteiger partial charge in [-0.2, -0.15) is 0 Å². The summed E-state index contributed by atoms with van der Waals surface area (Å²) in [7, 11) is 0. The van der Waals surface area contributed by atoms with Crippen molar-refractivity contribution in [2.45, 2.75) is 6.54 Å². The van der Waals surface area contributed by atoms with Crippen molar-refractivity contribution in [1.82, 2.24) is 4.90 Å². The Labute approximate surface area is 130 Å². The quantitative estimate of drug-likeness (QED) is 0.645. The number of nitrogens with one attached hydrogen (secondary N) is 1. The molecular formula is C13H11BrIN3. The molecule has 18 heavy (non-hydrogen) atoms. The zero-order chi connectivity index (χ0) is 11.8. The van der Waals surface area contributed by atoms with Crippen LogP contribution >= 0.6 is 39.6 Å². The Morgan fingerprint density at radius 3 is 2.83 bits per heavy atom. The standard InChI is InChI=1S/C13H10IN3.BrH/c14-10-5-6-12-16-13(15)11-4-2-1-3-9(11)7-17(12)8-10;/h1-6,8,15H,7H2;1H. The molecule has 2 heterocycles. The minimum atomic E-state index is 0. The second-order valence-electron chi connectivity index (χ2n) is 3.95. The summed E-state index contributed by atoms with van der Waals surface area (Å²) >= 11 is 2.29. The van der Waals surface area contributed by atoms with E-state index in [2.05, 4.69) is 44.7 Å². The van der Waals surface area contributed by atoms with Gasteiger partial charge in [0.2, 0.25) is 0 Å². The molecule has 5 heteroatoms. The van der Waals surface area contributed by atoms with Gasteiger partial charge in [0, 0.05) is 21.9 Å². The minimum Gasteiger partial charge on any atom is -0.327 e. The summed E-state index contributed by atoms with van der Waals surface area (Å²) in [6, 6.07) is 7.97. The highest BCUT2D eigenvalue weighted by Gasteiger charge is 2.19. The molecule has 2 aliphatic rings. The molecule has 1 aromatic rings. The number of fused-ring (bicyclic) bond motifs is 2. The number of amidine groups is 2. The molecule has 92 valence electrons. The number of halogens is 2. The van der Waals surface area contributed by atoms with Gasteiger partial charge < -0.3 is 4.90 Å². The third-order valence-electron chi connectivity index (χ3n) is 2.80. The third-order valence-corrected chi connectivity index (χ3v) is 3.44. The lowest BCUT2D eigenvalue weighted by atomic mass is 10.1. The lowest BCUT2D eigenvalue weighted by Gasteiger charge is -2.21. The summed E-state index contributed by atoms with van der Waals surface area (Å²) in [6.07, 6.45) is 6.04. The Bertz CT molecular complexity index is 590. The SMILES string of the molecule is Br.N=C1N=C2C=CC(I)=CN2Cc2ccccc21. The van der Waals surface area contributed by atoms with Crippen LogP contribution in [-0.4, -0.2) is 16.6 Å². The molecule has 0 bridgehead atoms. The summed E-state index contributed by atoms with van der Waals surface area (Å²) in [6.45, 7) is 0.772. The number of hydrogen-bond donors (Lipinski definition) is 1. The summed E-state index contributed by atoms with van der Waals surface area (Å²) in [5.41, 5.74) is 2.07. The molecule has 0 atom stereocenters. The highest BCUT2D eigenvalue weighted by Crippen LogP contribution is 2.23. The Hall–Kier alpha value is -0.950. The van der Waals surface area contributed by atoms with Crippen molar-refractivity contribution in [3.63, 3.8) is 0 Å². The highest BCUT2D eigenvalue weighted by molar-refractivity contribution is 14.1. The maximum Gasteiger partial charge on any atom is 0.154 e. The molecule has 0 saturated carbocycles. The third kappa shape index (κ3) is 2.42. The lowest BCUT2D eigenvalue weighted by Crippen LogP contribution is -2.24. The Balaban J connectivity index is 0.00000120. The van der Waals surface area contributed by atoms with Crippen molar-refractivity contribution in [2.24, 2.45) is 4.99 Å². The normalized spacial score (nSPS) is 16.9. The van der Waals surface area contributed by atoms with Crippen LogP contribution in [0.25, 0.3) is 0 Å². The average molecular weight is 416 g/mol. The van der Waals surface area contributed by atoms with E-state index < -0.39 is 0 Å². The van der Waals surface area contributed by atoms with Crippen LogP contribution < -0.4 is 0 Å². The smallest absolute Gasteiger partial charge is 0.154 e. The van der Waals surface area contributed by atoms with Crippen LogP contribution in [0.3, 0.4) is 0 Å². The number of benzene rings is 1. The summed E-state index contributed by atoms with van der Waals surface area (Å²) in [5.74, 6) is 1.18. The Morgan fingerprint density at radius 2 is 2.00 bits per heavy atom. The molecule has 0 unspecified atom stereocenters. The predicted molar refractivity (Wildman–Crippen MR) is 87.8 cm³/mol. The number of aliphatic imine (C=N–C) groups is 1. The summed E-state index contributed by atoms with van der Waals surface area (Å²) in [5, 5.41) is 8.01. The molecule has 3 nitrogen and oxygen atoms in total. The van der Waals surface area contributed by atoms with E-state index in [4.69, 9.17) is 5.41 Å². The fourth-order valence-corrected chi connectivity index (χ4v) is 2.50. The van der Waals surface area contributed by atoms with Gasteiger partial charge in [0.25, 0.3) is 0 Å². The van der Waals surface area contributed by atoms with Crippen LogP contribution in [0, 0.1) is 5.41 Å². The van der Waals surface area contributed by atoms with E-state index in [1.165, 1.54) is 3.58 Å². The van der Waals surface area contributed by atoms with E-state index in [0.29, 0.717) is 5.84 Å². The van der Waals surface area contributed by atoms with E-state index in [1.54, 1.807) is 0 Å². The molecular weight excluding hydrogens is 405 g/mol. The van der Waals surface area contributed by atoms with Crippen molar-refractivity contribution in [1.29, 1.82) is 5.41 Å². The van der Waals surface area contributed by atoms with E-state index in [0.717, 1.165) is 23.5 Å². The maximum absolute atomic E-state index is 8.01. The Kier molecular flexibility index (Phi) is 4.01. The fraction of sp³-hybridized carbons (Fsp3) is 0.0769. The van der Waals surface area contributed by atoms with Gasteiger partial charge in [-0.1, -0.05) is 24.3 Å². The van der Waals surface area contributed by atoms with Crippen LogP contribution in [0.5, 0.6) is 0 Å². The molecule has 0 spiro atoms. The minimum absolute atomic E-state index is 0. The number of rotatable bonds is 0. The number of hydrogen-bond acceptors (Lipinski definition) is 2. The summed E-state index contributed by atoms with van der Waals surface area (Å²) in [4.78, 5) is 6.45. The largest absolute Gasteiger partial charge is 0.327 e. The van der Waals surface area contributed by atoms with Gasteiger partial charge in [-0.3, -0.25) is 5.41 Å². The van der Waals surface area contributed by atoms with Crippen LogP contribution in [0.15, 0.2) is 51.2 Å². The van der Waals surface area contributed by atoms with Gasteiger partial charge in [0.15, 0.2) is 5.84 Å².